The summed E-state index contributed by atoms with van der Waals surface area (Å²) in [5.41, 5.74) is 2.51. The summed E-state index contributed by atoms with van der Waals surface area (Å²) in [6, 6.07) is 0. The van der Waals surface area contributed by atoms with E-state index in [4.69, 9.17) is 0 Å². The molecule has 2 rings (SSSR count). The molecule has 2 heterocycles. The smallest absolute Gasteiger partial charge is 0.0761 e. The summed E-state index contributed by atoms with van der Waals surface area (Å²) in [5.74, 6) is 1.26. The number of H-pyrrole nitrogens is 1. The van der Waals surface area contributed by atoms with Gasteiger partial charge in [-0.2, -0.15) is 5.10 Å². The number of fused-ring (bicyclic) bond motifs is 1. The van der Waals surface area contributed by atoms with Crippen molar-refractivity contribution in [2.24, 2.45) is 0 Å². The summed E-state index contributed by atoms with van der Waals surface area (Å²) in [6.45, 7) is 2.09. The summed E-state index contributed by atoms with van der Waals surface area (Å²) in [6.07, 6.45) is 2.44. The lowest BCUT2D eigenvalue weighted by atomic mass is 10.2. The Morgan fingerprint density at radius 2 is 2.50 bits per heavy atom. The maximum atomic E-state index is 4.21. The molecule has 0 aliphatic carbocycles. The van der Waals surface area contributed by atoms with Crippen LogP contribution in [0.15, 0.2) is 4.90 Å². The molecule has 0 atom stereocenters. The number of hydrogen-bond donors (Lipinski definition) is 1. The Morgan fingerprint density at radius 1 is 1.60 bits per heavy atom. The van der Waals surface area contributed by atoms with Crippen LogP contribution in [0.3, 0.4) is 0 Å². The van der Waals surface area contributed by atoms with E-state index in [1.165, 1.54) is 28.5 Å². The average Bonchev–Trinajstić information content (AvgIpc) is 2.34. The molecule has 0 unspecified atom stereocenters. The summed E-state index contributed by atoms with van der Waals surface area (Å²) in [4.78, 5) is 1.39. The quantitative estimate of drug-likeness (QED) is 0.616. The topological polar surface area (TPSA) is 28.7 Å². The lowest BCUT2D eigenvalue weighted by Crippen LogP contribution is -1.96. The van der Waals surface area contributed by atoms with Crippen LogP contribution in [0, 0.1) is 6.92 Å². The molecule has 0 saturated heterocycles. The highest BCUT2D eigenvalue weighted by Crippen LogP contribution is 2.30. The first-order valence-electron chi connectivity index (χ1n) is 3.54. The van der Waals surface area contributed by atoms with Crippen LogP contribution in [0.5, 0.6) is 0 Å². The number of nitrogens with zero attached hydrogens (tertiary/aromatic N) is 1. The molecule has 3 heteroatoms. The second-order valence-corrected chi connectivity index (χ2v) is 3.68. The maximum Gasteiger partial charge on any atom is 0.0761 e. The summed E-state index contributed by atoms with van der Waals surface area (Å²) in [7, 11) is 0. The molecule has 54 valence electrons. The largest absolute Gasteiger partial charge is 0.281 e. The highest BCUT2D eigenvalue weighted by molar-refractivity contribution is 7.99. The van der Waals surface area contributed by atoms with Crippen molar-refractivity contribution >= 4 is 11.8 Å². The Bertz CT molecular complexity index is 242. The minimum atomic E-state index is 1.16. The Morgan fingerprint density at radius 3 is 3.30 bits per heavy atom. The minimum absolute atomic E-state index is 1.16. The van der Waals surface area contributed by atoms with Crippen LogP contribution in [0.25, 0.3) is 0 Å². The minimum Gasteiger partial charge on any atom is -0.281 e. The fraction of sp³-hybridized carbons (Fsp3) is 0.571. The number of aromatic amines is 1. The van der Waals surface area contributed by atoms with Gasteiger partial charge >= 0.3 is 0 Å². The molecule has 1 aliphatic rings. The van der Waals surface area contributed by atoms with Gasteiger partial charge in [-0.25, -0.2) is 0 Å². The van der Waals surface area contributed by atoms with Gasteiger partial charge in [-0.05, 0) is 25.5 Å². The second kappa shape index (κ2) is 2.31. The normalized spacial score (nSPS) is 16.9. The molecule has 0 fully saturated rings. The molecule has 2 nitrogen and oxygen atoms in total. The molecule has 0 radical (unpaired) electrons. The maximum absolute atomic E-state index is 4.21. The first-order chi connectivity index (χ1) is 4.88. The van der Waals surface area contributed by atoms with E-state index in [1.54, 1.807) is 0 Å². The van der Waals surface area contributed by atoms with Crippen molar-refractivity contribution in [3.63, 3.8) is 0 Å². The molecule has 1 aliphatic heterocycles. The standard InChI is InChI=1S/C7H10N2S/c1-5-7-6(9-8-5)3-2-4-10-7/h2-4H2,1H3,(H,8,9). The third-order valence-electron chi connectivity index (χ3n) is 1.77. The average molecular weight is 154 g/mol. The zero-order chi connectivity index (χ0) is 6.97. The number of nitrogens with one attached hydrogen (secondary N) is 1. The van der Waals surface area contributed by atoms with Gasteiger partial charge in [0.15, 0.2) is 0 Å². The fourth-order valence-corrected chi connectivity index (χ4v) is 2.31. The number of aryl methyl sites for hydroxylation is 2. The van der Waals surface area contributed by atoms with E-state index in [0.29, 0.717) is 0 Å². The zero-order valence-electron chi connectivity index (χ0n) is 5.98. The van der Waals surface area contributed by atoms with E-state index in [2.05, 4.69) is 17.1 Å². The molecule has 1 aromatic rings. The van der Waals surface area contributed by atoms with Crippen molar-refractivity contribution in [3.8, 4) is 0 Å². The van der Waals surface area contributed by atoms with Gasteiger partial charge in [0.05, 0.1) is 10.6 Å². The van der Waals surface area contributed by atoms with Crippen LogP contribution in [0.1, 0.15) is 17.8 Å². The number of aromatic nitrogens is 2. The third kappa shape index (κ3) is 0.850. The van der Waals surface area contributed by atoms with E-state index in [-0.39, 0.29) is 0 Å². The van der Waals surface area contributed by atoms with E-state index in [9.17, 15) is 0 Å². The van der Waals surface area contributed by atoms with Gasteiger partial charge in [0.25, 0.3) is 0 Å². The first kappa shape index (κ1) is 6.28. The lowest BCUT2D eigenvalue weighted by molar-refractivity contribution is 0.846. The number of rotatable bonds is 0. The third-order valence-corrected chi connectivity index (χ3v) is 3.09. The monoisotopic (exact) mass is 154 g/mol. The Labute approximate surface area is 64.4 Å². The molecule has 1 N–H and O–H groups in total. The van der Waals surface area contributed by atoms with Crippen LogP contribution < -0.4 is 0 Å². The highest BCUT2D eigenvalue weighted by atomic mass is 32.2. The van der Waals surface area contributed by atoms with Crippen molar-refractivity contribution in [2.45, 2.75) is 24.7 Å². The molecular formula is C7H10N2S. The van der Waals surface area contributed by atoms with Crippen molar-refractivity contribution in [3.05, 3.63) is 11.4 Å². The molecule has 1 aromatic heterocycles. The van der Waals surface area contributed by atoms with Gasteiger partial charge in [0.2, 0.25) is 0 Å². The fourth-order valence-electron chi connectivity index (χ4n) is 1.24. The molecule has 0 spiro atoms. The van der Waals surface area contributed by atoms with Crippen LogP contribution in [-0.2, 0) is 6.42 Å². The van der Waals surface area contributed by atoms with E-state index < -0.39 is 0 Å². The SMILES string of the molecule is Cc1[nH]nc2c1SCCC2. The molecule has 0 saturated carbocycles. The van der Waals surface area contributed by atoms with Gasteiger partial charge in [-0.1, -0.05) is 0 Å². The lowest BCUT2D eigenvalue weighted by Gasteiger charge is -2.08. The van der Waals surface area contributed by atoms with Gasteiger partial charge < -0.3 is 0 Å². The summed E-state index contributed by atoms with van der Waals surface area (Å²) in [5, 5.41) is 7.22. The van der Waals surface area contributed by atoms with Crippen molar-refractivity contribution in [1.82, 2.24) is 10.2 Å². The summed E-state index contributed by atoms with van der Waals surface area (Å²) < 4.78 is 0. The molecule has 0 amide bonds. The predicted molar refractivity (Wildman–Crippen MR) is 42.4 cm³/mol. The van der Waals surface area contributed by atoms with Crippen LogP contribution in [0.2, 0.25) is 0 Å². The van der Waals surface area contributed by atoms with E-state index >= 15 is 0 Å². The van der Waals surface area contributed by atoms with Gasteiger partial charge in [0.1, 0.15) is 0 Å². The Balaban J connectivity index is 2.45. The Hall–Kier alpha value is -0.440. The van der Waals surface area contributed by atoms with Crippen LogP contribution >= 0.6 is 11.8 Å². The molecule has 0 bridgehead atoms. The van der Waals surface area contributed by atoms with Crippen LogP contribution in [0.4, 0.5) is 0 Å². The van der Waals surface area contributed by atoms with Gasteiger partial charge in [0, 0.05) is 5.69 Å². The molecular weight excluding hydrogens is 144 g/mol. The second-order valence-electron chi connectivity index (χ2n) is 2.58. The van der Waals surface area contributed by atoms with Gasteiger partial charge in [-0.15, -0.1) is 11.8 Å². The number of hydrogen-bond acceptors (Lipinski definition) is 2. The number of thioether (sulfide) groups is 1. The zero-order valence-corrected chi connectivity index (χ0v) is 6.79. The highest BCUT2D eigenvalue weighted by Gasteiger charge is 2.14. The van der Waals surface area contributed by atoms with Gasteiger partial charge in [-0.3, -0.25) is 5.10 Å². The molecule has 10 heavy (non-hydrogen) atoms. The van der Waals surface area contributed by atoms with Crippen LogP contribution in [-0.4, -0.2) is 16.0 Å². The first-order valence-corrected chi connectivity index (χ1v) is 4.53. The molecule has 0 aromatic carbocycles. The van der Waals surface area contributed by atoms with E-state index in [0.717, 1.165) is 6.42 Å². The van der Waals surface area contributed by atoms with Crippen molar-refractivity contribution in [1.29, 1.82) is 0 Å². The van der Waals surface area contributed by atoms with Crippen molar-refractivity contribution in [2.75, 3.05) is 5.75 Å². The Kier molecular flexibility index (Phi) is 1.45. The summed E-state index contributed by atoms with van der Waals surface area (Å²) >= 11 is 1.93. The predicted octanol–water partition coefficient (Wildman–Crippen LogP) is 1.76. The van der Waals surface area contributed by atoms with E-state index in [1.807, 2.05) is 11.8 Å². The van der Waals surface area contributed by atoms with Crippen molar-refractivity contribution < 1.29 is 0 Å².